The maximum Gasteiger partial charge on any atom is 0.119 e. The monoisotopic (exact) mass is 450 g/mol. The SMILES string of the molecule is COc1cccc([C@]23CCN(CCc4ccccc4)CC2Cc2c([nH]c4ccc(C)cc24)C3)c1. The van der Waals surface area contributed by atoms with Crippen LogP contribution in [0.15, 0.2) is 72.8 Å². The van der Waals surface area contributed by atoms with E-state index in [1.165, 1.54) is 39.7 Å². The van der Waals surface area contributed by atoms with Gasteiger partial charge in [-0.25, -0.2) is 0 Å². The Bertz CT molecular complexity index is 1310. The van der Waals surface area contributed by atoms with E-state index in [4.69, 9.17) is 4.74 Å². The van der Waals surface area contributed by atoms with E-state index in [0.717, 1.165) is 44.6 Å². The van der Waals surface area contributed by atoms with Gasteiger partial charge in [-0.05, 0) is 86.0 Å². The number of nitrogens with zero attached hydrogens (tertiary/aromatic N) is 1. The number of aromatic amines is 1. The molecule has 3 aromatic carbocycles. The molecule has 1 aliphatic heterocycles. The van der Waals surface area contributed by atoms with Crippen LogP contribution in [0.5, 0.6) is 5.75 Å². The summed E-state index contributed by atoms with van der Waals surface area (Å²) in [6.07, 6.45) is 4.53. The number of likely N-dealkylation sites (tertiary alicyclic amines) is 1. The summed E-state index contributed by atoms with van der Waals surface area (Å²) in [6, 6.07) is 26.7. The molecule has 2 heterocycles. The number of hydrogen-bond acceptors (Lipinski definition) is 2. The zero-order chi connectivity index (χ0) is 23.1. The summed E-state index contributed by atoms with van der Waals surface area (Å²) in [5.74, 6) is 1.56. The summed E-state index contributed by atoms with van der Waals surface area (Å²) >= 11 is 0. The van der Waals surface area contributed by atoms with Gasteiger partial charge in [0.2, 0.25) is 0 Å². The topological polar surface area (TPSA) is 28.3 Å². The number of nitrogens with one attached hydrogen (secondary N) is 1. The molecule has 3 nitrogen and oxygen atoms in total. The van der Waals surface area contributed by atoms with E-state index < -0.39 is 0 Å². The zero-order valence-electron chi connectivity index (χ0n) is 20.3. The Morgan fingerprint density at radius 1 is 1.03 bits per heavy atom. The molecule has 174 valence electrons. The van der Waals surface area contributed by atoms with Crippen LogP contribution in [0.2, 0.25) is 0 Å². The highest BCUT2D eigenvalue weighted by Gasteiger charge is 2.48. The second kappa shape index (κ2) is 8.63. The Labute approximate surface area is 202 Å². The molecular formula is C31H34N2O. The van der Waals surface area contributed by atoms with Crippen LogP contribution in [0.1, 0.15) is 34.4 Å². The average Bonchev–Trinajstić information content (AvgIpc) is 3.22. The van der Waals surface area contributed by atoms with Crippen LogP contribution in [-0.4, -0.2) is 36.6 Å². The molecule has 3 heteroatoms. The molecule has 1 aromatic heterocycles. The molecule has 0 bridgehead atoms. The van der Waals surface area contributed by atoms with Crippen LogP contribution < -0.4 is 4.74 Å². The van der Waals surface area contributed by atoms with Crippen molar-refractivity contribution in [2.75, 3.05) is 26.7 Å². The van der Waals surface area contributed by atoms with Crippen molar-refractivity contribution in [3.8, 4) is 5.75 Å². The minimum Gasteiger partial charge on any atom is -0.497 e. The fourth-order valence-electron chi connectivity index (χ4n) is 6.55. The predicted octanol–water partition coefficient (Wildman–Crippen LogP) is 6.09. The van der Waals surface area contributed by atoms with Gasteiger partial charge in [-0.3, -0.25) is 0 Å². The molecule has 0 spiro atoms. The van der Waals surface area contributed by atoms with Crippen LogP contribution in [0, 0.1) is 12.8 Å². The third-order valence-electron chi connectivity index (χ3n) is 8.43. The fraction of sp³-hybridized carbons (Fsp3) is 0.355. The third kappa shape index (κ3) is 3.73. The van der Waals surface area contributed by atoms with Crippen LogP contribution >= 0.6 is 0 Å². The van der Waals surface area contributed by atoms with Crippen LogP contribution in [0.25, 0.3) is 10.9 Å². The smallest absolute Gasteiger partial charge is 0.119 e. The van der Waals surface area contributed by atoms with Gasteiger partial charge in [0.15, 0.2) is 0 Å². The van der Waals surface area contributed by atoms with Crippen molar-refractivity contribution in [1.29, 1.82) is 0 Å². The van der Waals surface area contributed by atoms with Crippen molar-refractivity contribution in [2.24, 2.45) is 5.92 Å². The second-order valence-electron chi connectivity index (χ2n) is 10.4. The number of ether oxygens (including phenoxy) is 1. The Balaban J connectivity index is 1.36. The number of benzene rings is 3. The molecule has 1 unspecified atom stereocenters. The zero-order valence-corrected chi connectivity index (χ0v) is 20.3. The summed E-state index contributed by atoms with van der Waals surface area (Å²) < 4.78 is 5.64. The van der Waals surface area contributed by atoms with Gasteiger partial charge in [0, 0.05) is 35.1 Å². The standard InChI is InChI=1S/C31H34N2O/c1-22-11-12-29-27(17-22)28-19-25-21-33(15-13-23-7-4-3-5-8-23)16-14-31(25,20-30(28)32-29)24-9-6-10-26(18-24)34-2/h3-12,17-18,25,32H,13-16,19-21H2,1-2H3/t25?,31-/m1/s1. The Hall–Kier alpha value is -3.04. The lowest BCUT2D eigenvalue weighted by molar-refractivity contribution is 0.0822. The van der Waals surface area contributed by atoms with E-state index in [9.17, 15) is 0 Å². The number of H-pyrrole nitrogens is 1. The largest absolute Gasteiger partial charge is 0.497 e. The first-order chi connectivity index (χ1) is 16.6. The molecule has 2 atom stereocenters. The van der Waals surface area contributed by atoms with E-state index in [1.54, 1.807) is 12.7 Å². The number of hydrogen-bond donors (Lipinski definition) is 1. The van der Waals surface area contributed by atoms with Gasteiger partial charge in [0.05, 0.1) is 7.11 Å². The minimum atomic E-state index is 0.153. The number of fused-ring (bicyclic) bond motifs is 4. The molecule has 0 radical (unpaired) electrons. The van der Waals surface area contributed by atoms with Crippen molar-refractivity contribution < 1.29 is 4.74 Å². The molecule has 1 fully saturated rings. The molecule has 1 saturated heterocycles. The van der Waals surface area contributed by atoms with Crippen LogP contribution in [0.4, 0.5) is 0 Å². The van der Waals surface area contributed by atoms with Crippen molar-refractivity contribution in [2.45, 2.75) is 38.0 Å². The van der Waals surface area contributed by atoms with Crippen molar-refractivity contribution in [3.63, 3.8) is 0 Å². The number of rotatable bonds is 5. The second-order valence-corrected chi connectivity index (χ2v) is 10.4. The molecule has 1 N–H and O–H groups in total. The van der Waals surface area contributed by atoms with Gasteiger partial charge >= 0.3 is 0 Å². The van der Waals surface area contributed by atoms with Crippen LogP contribution in [0.3, 0.4) is 0 Å². The number of methoxy groups -OCH3 is 1. The summed E-state index contributed by atoms with van der Waals surface area (Å²) in [6.45, 7) is 5.64. The Morgan fingerprint density at radius 3 is 2.76 bits per heavy atom. The van der Waals surface area contributed by atoms with Crippen molar-refractivity contribution in [3.05, 3.63) is 101 Å². The van der Waals surface area contributed by atoms with Gasteiger partial charge in [-0.1, -0.05) is 54.1 Å². The minimum absolute atomic E-state index is 0.153. The highest BCUT2D eigenvalue weighted by atomic mass is 16.5. The van der Waals surface area contributed by atoms with Gasteiger partial charge in [-0.15, -0.1) is 0 Å². The van der Waals surface area contributed by atoms with E-state index in [0.29, 0.717) is 5.92 Å². The molecule has 0 saturated carbocycles. The molecule has 4 aromatic rings. The number of aryl methyl sites for hydroxylation is 1. The highest BCUT2D eigenvalue weighted by molar-refractivity contribution is 5.86. The molecule has 34 heavy (non-hydrogen) atoms. The van der Waals surface area contributed by atoms with Gasteiger partial charge in [0.1, 0.15) is 5.75 Å². The number of aromatic nitrogens is 1. The third-order valence-corrected chi connectivity index (χ3v) is 8.43. The molecule has 2 aliphatic rings. The molecular weight excluding hydrogens is 416 g/mol. The van der Waals surface area contributed by atoms with Crippen LogP contribution in [-0.2, 0) is 24.7 Å². The lowest BCUT2D eigenvalue weighted by Gasteiger charge is -2.51. The lowest BCUT2D eigenvalue weighted by atomic mass is 9.58. The van der Waals surface area contributed by atoms with Crippen molar-refractivity contribution in [1.82, 2.24) is 9.88 Å². The first kappa shape index (κ1) is 21.5. The summed E-state index contributed by atoms with van der Waals surface area (Å²) in [5.41, 5.74) is 8.65. The molecule has 6 rings (SSSR count). The van der Waals surface area contributed by atoms with Gasteiger partial charge in [0.25, 0.3) is 0 Å². The van der Waals surface area contributed by atoms with Gasteiger partial charge < -0.3 is 14.6 Å². The predicted molar refractivity (Wildman–Crippen MR) is 140 cm³/mol. The number of piperidine rings is 1. The van der Waals surface area contributed by atoms with Gasteiger partial charge in [-0.2, -0.15) is 0 Å². The fourth-order valence-corrected chi connectivity index (χ4v) is 6.55. The molecule has 0 amide bonds. The quantitative estimate of drug-likeness (QED) is 0.399. The summed E-state index contributed by atoms with van der Waals surface area (Å²) in [7, 11) is 1.78. The summed E-state index contributed by atoms with van der Waals surface area (Å²) in [4.78, 5) is 6.52. The van der Waals surface area contributed by atoms with Crippen molar-refractivity contribution >= 4 is 10.9 Å². The molecule has 1 aliphatic carbocycles. The normalized spacial score (nSPS) is 22.4. The summed E-state index contributed by atoms with van der Waals surface area (Å²) in [5, 5.41) is 1.43. The first-order valence-electron chi connectivity index (χ1n) is 12.7. The van der Waals surface area contributed by atoms with E-state index >= 15 is 0 Å². The Morgan fingerprint density at radius 2 is 1.91 bits per heavy atom. The van der Waals surface area contributed by atoms with E-state index in [2.05, 4.69) is 89.6 Å². The van der Waals surface area contributed by atoms with E-state index in [1.807, 2.05) is 0 Å². The highest BCUT2D eigenvalue weighted by Crippen LogP contribution is 2.49. The lowest BCUT2D eigenvalue weighted by Crippen LogP contribution is -2.54. The Kier molecular flexibility index (Phi) is 5.45. The van der Waals surface area contributed by atoms with E-state index in [-0.39, 0.29) is 5.41 Å². The first-order valence-corrected chi connectivity index (χ1v) is 12.7. The maximum atomic E-state index is 5.64. The average molecular weight is 451 g/mol. The maximum absolute atomic E-state index is 5.64.